The first-order valence-corrected chi connectivity index (χ1v) is 9.36. The lowest BCUT2D eigenvalue weighted by atomic mass is 9.87. The van der Waals surface area contributed by atoms with Crippen LogP contribution in [0.3, 0.4) is 0 Å². The van der Waals surface area contributed by atoms with Crippen LogP contribution in [0.5, 0.6) is 0 Å². The van der Waals surface area contributed by atoms with Crippen molar-refractivity contribution < 1.29 is 4.74 Å². The Labute approximate surface area is 137 Å². The van der Waals surface area contributed by atoms with Crippen LogP contribution in [0.2, 0.25) is 0 Å². The molecule has 1 nitrogen and oxygen atoms in total. The van der Waals surface area contributed by atoms with E-state index in [0.29, 0.717) is 6.10 Å². The summed E-state index contributed by atoms with van der Waals surface area (Å²) in [6, 6.07) is 10.9. The fraction of sp³-hybridized carbons (Fsp3) is 0.714. The number of benzene rings is 1. The van der Waals surface area contributed by atoms with E-state index >= 15 is 0 Å². The molecule has 0 spiro atoms. The molecule has 1 heteroatoms. The van der Waals surface area contributed by atoms with E-state index in [9.17, 15) is 0 Å². The van der Waals surface area contributed by atoms with Gasteiger partial charge in [0.25, 0.3) is 0 Å². The maximum absolute atomic E-state index is 6.81. The third-order valence-electron chi connectivity index (χ3n) is 5.71. The number of hydrogen-bond acceptors (Lipinski definition) is 1. The normalized spacial score (nSPS) is 26.6. The van der Waals surface area contributed by atoms with Crippen molar-refractivity contribution >= 4 is 0 Å². The second-order valence-corrected chi connectivity index (χ2v) is 7.24. The van der Waals surface area contributed by atoms with E-state index in [-0.39, 0.29) is 5.60 Å². The summed E-state index contributed by atoms with van der Waals surface area (Å²) in [6.45, 7) is 9.29. The van der Waals surface area contributed by atoms with Crippen LogP contribution in [0.4, 0.5) is 0 Å². The van der Waals surface area contributed by atoms with Crippen LogP contribution in [0, 0.1) is 11.8 Å². The van der Waals surface area contributed by atoms with Gasteiger partial charge in [-0.3, -0.25) is 0 Å². The lowest BCUT2D eigenvalue weighted by Gasteiger charge is -2.37. The highest BCUT2D eigenvalue weighted by Crippen LogP contribution is 2.39. The fourth-order valence-corrected chi connectivity index (χ4v) is 4.20. The molecule has 0 amide bonds. The summed E-state index contributed by atoms with van der Waals surface area (Å²) < 4.78 is 6.81. The van der Waals surface area contributed by atoms with E-state index in [1.807, 2.05) is 0 Å². The number of hydrogen-bond donors (Lipinski definition) is 0. The zero-order chi connectivity index (χ0) is 16.0. The predicted molar refractivity (Wildman–Crippen MR) is 95.0 cm³/mol. The van der Waals surface area contributed by atoms with Gasteiger partial charge in [-0.05, 0) is 55.9 Å². The minimum atomic E-state index is -0.0995. The quantitative estimate of drug-likeness (QED) is 0.558. The van der Waals surface area contributed by atoms with Gasteiger partial charge in [0, 0.05) is 0 Å². The van der Waals surface area contributed by atoms with Crippen molar-refractivity contribution in [1.82, 2.24) is 0 Å². The van der Waals surface area contributed by atoms with E-state index in [1.165, 1.54) is 37.7 Å². The topological polar surface area (TPSA) is 9.23 Å². The smallest absolute Gasteiger partial charge is 0.0929 e. The Bertz CT molecular complexity index is 421. The highest BCUT2D eigenvalue weighted by molar-refractivity contribution is 5.22. The lowest BCUT2D eigenvalue weighted by molar-refractivity contribution is -0.112. The van der Waals surface area contributed by atoms with Crippen molar-refractivity contribution in [2.45, 2.75) is 84.3 Å². The SMILES string of the molecule is CCC1CCC(OC(CC)(CC)c2ccccc2)CC(C)C1. The average molecular weight is 303 g/mol. The molecule has 1 saturated carbocycles. The van der Waals surface area contributed by atoms with Gasteiger partial charge in [0.2, 0.25) is 0 Å². The van der Waals surface area contributed by atoms with E-state index in [2.05, 4.69) is 58.0 Å². The van der Waals surface area contributed by atoms with Gasteiger partial charge in [0.05, 0.1) is 11.7 Å². The Morgan fingerprint density at radius 2 is 1.68 bits per heavy atom. The molecule has 0 aromatic heterocycles. The molecule has 0 radical (unpaired) electrons. The van der Waals surface area contributed by atoms with Crippen molar-refractivity contribution in [3.8, 4) is 0 Å². The molecule has 124 valence electrons. The van der Waals surface area contributed by atoms with E-state index < -0.39 is 0 Å². The highest BCUT2D eigenvalue weighted by Gasteiger charge is 2.34. The Morgan fingerprint density at radius 1 is 1.00 bits per heavy atom. The maximum atomic E-state index is 6.81. The van der Waals surface area contributed by atoms with Crippen LogP contribution in [-0.4, -0.2) is 6.10 Å². The third-order valence-corrected chi connectivity index (χ3v) is 5.71. The summed E-state index contributed by atoms with van der Waals surface area (Å²) in [5.41, 5.74) is 1.25. The number of rotatable bonds is 6. The summed E-state index contributed by atoms with van der Waals surface area (Å²) in [5.74, 6) is 1.69. The Morgan fingerprint density at radius 3 is 2.27 bits per heavy atom. The summed E-state index contributed by atoms with van der Waals surface area (Å²) in [6.07, 6.45) is 9.03. The van der Waals surface area contributed by atoms with Crippen LogP contribution >= 0.6 is 0 Å². The summed E-state index contributed by atoms with van der Waals surface area (Å²) in [5, 5.41) is 0. The standard InChI is InChI=1S/C21H34O/c1-5-18-13-14-20(16-17(4)15-18)22-21(6-2,7-3)19-11-9-8-10-12-19/h8-12,17-18,20H,5-7,13-16H2,1-4H3. The van der Waals surface area contributed by atoms with Crippen LogP contribution in [0.25, 0.3) is 0 Å². The molecule has 3 unspecified atom stereocenters. The second kappa shape index (κ2) is 8.15. The van der Waals surface area contributed by atoms with Crippen molar-refractivity contribution in [1.29, 1.82) is 0 Å². The molecule has 0 aliphatic heterocycles. The molecule has 0 bridgehead atoms. The molecule has 1 aromatic rings. The van der Waals surface area contributed by atoms with Crippen molar-refractivity contribution in [2.75, 3.05) is 0 Å². The monoisotopic (exact) mass is 302 g/mol. The fourth-order valence-electron chi connectivity index (χ4n) is 4.20. The van der Waals surface area contributed by atoms with Gasteiger partial charge >= 0.3 is 0 Å². The molecule has 0 saturated heterocycles. The third kappa shape index (κ3) is 4.13. The van der Waals surface area contributed by atoms with Gasteiger partial charge in [-0.1, -0.05) is 64.4 Å². The minimum Gasteiger partial charge on any atom is -0.367 e. The molecule has 0 heterocycles. The van der Waals surface area contributed by atoms with Gasteiger partial charge in [0.15, 0.2) is 0 Å². The first kappa shape index (κ1) is 17.5. The van der Waals surface area contributed by atoms with E-state index in [1.54, 1.807) is 0 Å². The first-order valence-electron chi connectivity index (χ1n) is 9.36. The summed E-state index contributed by atoms with van der Waals surface area (Å²) >= 11 is 0. The highest BCUT2D eigenvalue weighted by atomic mass is 16.5. The molecule has 1 aliphatic rings. The Hall–Kier alpha value is -0.820. The van der Waals surface area contributed by atoms with Crippen LogP contribution in [0.15, 0.2) is 30.3 Å². The van der Waals surface area contributed by atoms with Gasteiger partial charge < -0.3 is 4.74 Å². The number of ether oxygens (including phenoxy) is 1. The minimum absolute atomic E-state index is 0.0995. The second-order valence-electron chi connectivity index (χ2n) is 7.24. The Kier molecular flexibility index (Phi) is 6.50. The first-order chi connectivity index (χ1) is 10.6. The van der Waals surface area contributed by atoms with Crippen LogP contribution in [0.1, 0.15) is 78.2 Å². The molecule has 1 aliphatic carbocycles. The zero-order valence-corrected chi connectivity index (χ0v) is 15.0. The molecule has 0 N–H and O–H groups in total. The van der Waals surface area contributed by atoms with Crippen LogP contribution in [-0.2, 0) is 10.3 Å². The molecular formula is C21H34O. The van der Waals surface area contributed by atoms with Gasteiger partial charge in [-0.15, -0.1) is 0 Å². The molecule has 1 aromatic carbocycles. The van der Waals surface area contributed by atoms with Crippen molar-refractivity contribution in [3.05, 3.63) is 35.9 Å². The lowest BCUT2D eigenvalue weighted by Crippen LogP contribution is -2.33. The van der Waals surface area contributed by atoms with E-state index in [4.69, 9.17) is 4.74 Å². The average Bonchev–Trinajstić information content (AvgIpc) is 2.74. The largest absolute Gasteiger partial charge is 0.367 e. The van der Waals surface area contributed by atoms with E-state index in [0.717, 1.165) is 24.7 Å². The molecular weight excluding hydrogens is 268 g/mol. The van der Waals surface area contributed by atoms with Crippen molar-refractivity contribution in [2.24, 2.45) is 11.8 Å². The van der Waals surface area contributed by atoms with Crippen molar-refractivity contribution in [3.63, 3.8) is 0 Å². The van der Waals surface area contributed by atoms with Gasteiger partial charge in [-0.2, -0.15) is 0 Å². The van der Waals surface area contributed by atoms with Crippen LogP contribution < -0.4 is 0 Å². The summed E-state index contributed by atoms with van der Waals surface area (Å²) in [4.78, 5) is 0. The molecule has 22 heavy (non-hydrogen) atoms. The Balaban J connectivity index is 2.14. The molecule has 1 fully saturated rings. The maximum Gasteiger partial charge on any atom is 0.0929 e. The van der Waals surface area contributed by atoms with Gasteiger partial charge in [-0.25, -0.2) is 0 Å². The molecule has 2 rings (SSSR count). The van der Waals surface area contributed by atoms with Gasteiger partial charge in [0.1, 0.15) is 0 Å². The zero-order valence-electron chi connectivity index (χ0n) is 15.0. The predicted octanol–water partition coefficient (Wildman–Crippen LogP) is 6.32. The molecule has 3 atom stereocenters. The summed E-state index contributed by atoms with van der Waals surface area (Å²) in [7, 11) is 0.